The van der Waals surface area contributed by atoms with Crippen LogP contribution in [0.3, 0.4) is 0 Å². The molecule has 0 bridgehead atoms. The molecule has 47 heavy (non-hydrogen) atoms. The van der Waals surface area contributed by atoms with Gasteiger partial charge in [0.05, 0.1) is 12.1 Å². The van der Waals surface area contributed by atoms with E-state index in [2.05, 4.69) is 28.2 Å². The summed E-state index contributed by atoms with van der Waals surface area (Å²) in [5.74, 6) is -1.11. The second kappa shape index (κ2) is 24.9. The Bertz CT molecular complexity index is 897. The molecule has 0 aliphatic rings. The molecule has 0 aliphatic heterocycles. The maximum atomic E-state index is 13.8. The lowest BCUT2D eigenvalue weighted by molar-refractivity contribution is -0.136. The summed E-state index contributed by atoms with van der Waals surface area (Å²) in [6, 6.07) is -2.93. The van der Waals surface area contributed by atoms with Crippen molar-refractivity contribution >= 4 is 23.5 Å². The van der Waals surface area contributed by atoms with Gasteiger partial charge in [-0.1, -0.05) is 34.1 Å². The van der Waals surface area contributed by atoms with Gasteiger partial charge in [0.25, 0.3) is 0 Å². The van der Waals surface area contributed by atoms with E-state index < -0.39 is 41.4 Å². The average Bonchev–Trinajstić information content (AvgIpc) is 3.05. The van der Waals surface area contributed by atoms with Gasteiger partial charge in [0.2, 0.25) is 17.7 Å². The van der Waals surface area contributed by atoms with Crippen molar-refractivity contribution in [2.45, 2.75) is 168 Å². The van der Waals surface area contributed by atoms with E-state index in [9.17, 15) is 19.2 Å². The first-order valence-corrected chi connectivity index (χ1v) is 18.3. The number of nitrogens with two attached hydrogens (primary N) is 4. The fraction of sp³-hybridized carbons (Fsp3) is 0.886. The Morgan fingerprint density at radius 2 is 0.809 bits per heavy atom. The van der Waals surface area contributed by atoms with Crippen LogP contribution in [0.1, 0.15) is 138 Å². The zero-order chi connectivity index (χ0) is 35.9. The van der Waals surface area contributed by atoms with Crippen LogP contribution >= 0.6 is 0 Å². The Balaban J connectivity index is 6.17. The van der Waals surface area contributed by atoms with Gasteiger partial charge in [0, 0.05) is 11.0 Å². The summed E-state index contributed by atoms with van der Waals surface area (Å²) in [6.45, 7) is 14.0. The van der Waals surface area contributed by atoms with E-state index in [-0.39, 0.29) is 17.2 Å². The summed E-state index contributed by atoms with van der Waals surface area (Å²) in [7, 11) is 0. The number of carbonyl (C=O) groups excluding carboxylic acids is 4. The number of rotatable bonds is 29. The summed E-state index contributed by atoms with van der Waals surface area (Å²) in [4.78, 5) is 55.0. The molecule has 0 radical (unpaired) electrons. The maximum Gasteiger partial charge on any atom is 0.243 e. The molecule has 0 spiro atoms. The largest absolute Gasteiger partial charge is 0.344 e. The van der Waals surface area contributed by atoms with Crippen LogP contribution < -0.4 is 44.2 Å². The molecule has 0 fully saturated rings. The van der Waals surface area contributed by atoms with Gasteiger partial charge < -0.3 is 44.2 Å². The van der Waals surface area contributed by atoms with Crippen molar-refractivity contribution in [3.05, 3.63) is 0 Å². The average molecular weight is 669 g/mol. The van der Waals surface area contributed by atoms with Gasteiger partial charge in [0.15, 0.2) is 5.78 Å². The van der Waals surface area contributed by atoms with Gasteiger partial charge in [-0.25, -0.2) is 0 Å². The molecule has 0 saturated carbocycles. The Morgan fingerprint density at radius 1 is 0.489 bits per heavy atom. The smallest absolute Gasteiger partial charge is 0.243 e. The highest BCUT2D eigenvalue weighted by molar-refractivity contribution is 5.96. The molecular formula is C35H72N8O4. The van der Waals surface area contributed by atoms with E-state index in [0.29, 0.717) is 96.8 Å². The minimum atomic E-state index is -0.889. The normalized spacial score (nSPS) is 14.6. The monoisotopic (exact) mass is 669 g/mol. The van der Waals surface area contributed by atoms with Crippen LogP contribution in [0, 0.1) is 5.41 Å². The third-order valence-corrected chi connectivity index (χ3v) is 9.61. The first kappa shape index (κ1) is 44.9. The Labute approximate surface area is 285 Å². The number of nitrogens with one attached hydrogen (secondary N) is 4. The zero-order valence-corrected chi connectivity index (χ0v) is 30.7. The highest BCUT2D eigenvalue weighted by Crippen LogP contribution is 2.29. The number of amides is 3. The van der Waals surface area contributed by atoms with Crippen molar-refractivity contribution in [2.75, 3.05) is 26.2 Å². The molecule has 12 N–H and O–H groups in total. The number of carbonyl (C=O) groups is 4. The summed E-state index contributed by atoms with van der Waals surface area (Å²) in [6.07, 6.45) is 9.57. The molecule has 0 aromatic carbocycles. The lowest BCUT2D eigenvalue weighted by atomic mass is 9.76. The summed E-state index contributed by atoms with van der Waals surface area (Å²) in [5, 5.41) is 12.4. The number of ketones is 1. The van der Waals surface area contributed by atoms with Crippen LogP contribution in [-0.4, -0.2) is 79.4 Å². The molecule has 0 rings (SSSR count). The quantitative estimate of drug-likeness (QED) is 0.0548. The molecule has 12 heteroatoms. The lowest BCUT2D eigenvalue weighted by Crippen LogP contribution is -2.59. The molecule has 3 amide bonds. The van der Waals surface area contributed by atoms with Crippen molar-refractivity contribution in [3.63, 3.8) is 0 Å². The molecule has 276 valence electrons. The Hall–Kier alpha value is -2.12. The van der Waals surface area contributed by atoms with Crippen LogP contribution in [-0.2, 0) is 19.2 Å². The van der Waals surface area contributed by atoms with Gasteiger partial charge in [-0.05, 0) is 130 Å². The van der Waals surface area contributed by atoms with Crippen molar-refractivity contribution < 1.29 is 19.2 Å². The number of hydrogen-bond donors (Lipinski definition) is 8. The molecule has 4 atom stereocenters. The first-order valence-electron chi connectivity index (χ1n) is 18.3. The fourth-order valence-corrected chi connectivity index (χ4v) is 5.46. The van der Waals surface area contributed by atoms with E-state index in [1.807, 2.05) is 34.6 Å². The standard InChI is InChI=1S/C35H72N8O4/c1-7-34(4,5)43-29(21-13-17-25-39)33(47)42-28(20-12-16-24-38)32(46)41-27(19-11-15-23-37)31(45)40-26(18-10-14-22-36)30(44)35(6,8-2)9-3/h26-29,43H,7-25,36-39H2,1-6H3,(H,40,45)(H,41,46)(H,42,47). The van der Waals surface area contributed by atoms with Gasteiger partial charge >= 0.3 is 0 Å². The van der Waals surface area contributed by atoms with Crippen molar-refractivity contribution in [3.8, 4) is 0 Å². The first-order chi connectivity index (χ1) is 22.3. The van der Waals surface area contributed by atoms with E-state index in [1.54, 1.807) is 0 Å². The Morgan fingerprint density at radius 3 is 1.15 bits per heavy atom. The van der Waals surface area contributed by atoms with E-state index >= 15 is 0 Å². The summed E-state index contributed by atoms with van der Waals surface area (Å²) >= 11 is 0. The van der Waals surface area contributed by atoms with Gasteiger partial charge in [0.1, 0.15) is 12.1 Å². The summed E-state index contributed by atoms with van der Waals surface area (Å²) < 4.78 is 0. The third-order valence-electron chi connectivity index (χ3n) is 9.61. The predicted molar refractivity (Wildman–Crippen MR) is 192 cm³/mol. The molecule has 0 aromatic heterocycles. The van der Waals surface area contributed by atoms with E-state index in [0.717, 1.165) is 25.7 Å². The van der Waals surface area contributed by atoms with Gasteiger partial charge in [-0.2, -0.15) is 0 Å². The second-order valence-electron chi connectivity index (χ2n) is 13.9. The van der Waals surface area contributed by atoms with Gasteiger partial charge in [-0.15, -0.1) is 0 Å². The highest BCUT2D eigenvalue weighted by Gasteiger charge is 2.37. The maximum absolute atomic E-state index is 13.8. The van der Waals surface area contributed by atoms with E-state index in [1.165, 1.54) is 0 Å². The van der Waals surface area contributed by atoms with E-state index in [4.69, 9.17) is 22.9 Å². The second-order valence-corrected chi connectivity index (χ2v) is 13.9. The molecule has 4 unspecified atom stereocenters. The minimum absolute atomic E-state index is 0.00462. The van der Waals surface area contributed by atoms with Crippen molar-refractivity contribution in [2.24, 2.45) is 28.3 Å². The van der Waals surface area contributed by atoms with Crippen molar-refractivity contribution in [1.82, 2.24) is 21.3 Å². The molecular weight excluding hydrogens is 596 g/mol. The molecule has 0 heterocycles. The van der Waals surface area contributed by atoms with Crippen LogP contribution in [0.4, 0.5) is 0 Å². The van der Waals surface area contributed by atoms with Gasteiger partial charge in [-0.3, -0.25) is 19.2 Å². The number of Topliss-reactive ketones (excluding diaryl/α,β-unsaturated/α-hetero) is 1. The summed E-state index contributed by atoms with van der Waals surface area (Å²) in [5.41, 5.74) is 22.1. The van der Waals surface area contributed by atoms with Crippen LogP contribution in [0.2, 0.25) is 0 Å². The van der Waals surface area contributed by atoms with Crippen LogP contribution in [0.25, 0.3) is 0 Å². The van der Waals surface area contributed by atoms with Crippen molar-refractivity contribution in [1.29, 1.82) is 0 Å². The molecule has 12 nitrogen and oxygen atoms in total. The molecule has 0 aromatic rings. The minimum Gasteiger partial charge on any atom is -0.344 e. The predicted octanol–water partition coefficient (Wildman–Crippen LogP) is 2.50. The molecule has 0 saturated heterocycles. The Kier molecular flexibility index (Phi) is 23.8. The third kappa shape index (κ3) is 17.7. The molecule has 0 aliphatic carbocycles. The lowest BCUT2D eigenvalue weighted by Gasteiger charge is -2.32. The SMILES string of the molecule is CCC(C)(C)NC(CCCCN)C(=O)NC(CCCCN)C(=O)NC(CCCCN)C(=O)NC(CCCCN)C(=O)C(C)(CC)CC. The number of unbranched alkanes of at least 4 members (excludes halogenated alkanes) is 4. The fourth-order valence-electron chi connectivity index (χ4n) is 5.46. The van der Waals surface area contributed by atoms with Crippen LogP contribution in [0.5, 0.6) is 0 Å². The highest BCUT2D eigenvalue weighted by atomic mass is 16.2. The zero-order valence-electron chi connectivity index (χ0n) is 30.7. The topological polar surface area (TPSA) is 220 Å². The van der Waals surface area contributed by atoms with Crippen LogP contribution in [0.15, 0.2) is 0 Å². The number of hydrogen-bond acceptors (Lipinski definition) is 9.